The van der Waals surface area contributed by atoms with Crippen LogP contribution in [0.25, 0.3) is 0 Å². The van der Waals surface area contributed by atoms with Gasteiger partial charge in [-0.1, -0.05) is 0 Å². The van der Waals surface area contributed by atoms with E-state index in [9.17, 15) is 0 Å². The molecule has 0 aliphatic heterocycles. The van der Waals surface area contributed by atoms with Gasteiger partial charge in [0.15, 0.2) is 0 Å². The minimum absolute atomic E-state index is 0.0701. The summed E-state index contributed by atoms with van der Waals surface area (Å²) in [6.07, 6.45) is 6.59. The van der Waals surface area contributed by atoms with Crippen molar-refractivity contribution in [3.63, 3.8) is 0 Å². The van der Waals surface area contributed by atoms with Crippen LogP contribution < -0.4 is 5.32 Å². The Bertz CT molecular complexity index is 459. The Morgan fingerprint density at radius 2 is 2.18 bits per heavy atom. The Morgan fingerprint density at radius 3 is 2.76 bits per heavy atom. The molecule has 4 nitrogen and oxygen atoms in total. The summed E-state index contributed by atoms with van der Waals surface area (Å²) in [6, 6.07) is 0. The van der Waals surface area contributed by atoms with E-state index in [2.05, 4.69) is 33.7 Å². The number of imidazole rings is 1. The molecular formula is C12H18N4S. The van der Waals surface area contributed by atoms with Crippen LogP contribution in [0, 0.1) is 0 Å². The molecule has 0 aromatic carbocycles. The fourth-order valence-electron chi connectivity index (χ4n) is 1.73. The van der Waals surface area contributed by atoms with Gasteiger partial charge in [0.05, 0.1) is 5.54 Å². The average molecular weight is 250 g/mol. The Morgan fingerprint density at radius 1 is 1.35 bits per heavy atom. The third-order valence-electron chi connectivity index (χ3n) is 2.80. The van der Waals surface area contributed by atoms with Gasteiger partial charge in [0, 0.05) is 44.0 Å². The fourth-order valence-corrected chi connectivity index (χ4v) is 2.47. The van der Waals surface area contributed by atoms with Crippen LogP contribution in [-0.2, 0) is 19.0 Å². The van der Waals surface area contributed by atoms with E-state index in [1.807, 2.05) is 31.0 Å². The van der Waals surface area contributed by atoms with Crippen molar-refractivity contribution in [1.82, 2.24) is 19.9 Å². The minimum atomic E-state index is -0.0701. The van der Waals surface area contributed by atoms with Crippen LogP contribution in [-0.4, -0.2) is 21.1 Å². The summed E-state index contributed by atoms with van der Waals surface area (Å²) < 4.78 is 2.05. The van der Waals surface area contributed by atoms with Crippen molar-refractivity contribution in [2.24, 2.45) is 7.05 Å². The van der Waals surface area contributed by atoms with Gasteiger partial charge < -0.3 is 9.88 Å². The van der Waals surface area contributed by atoms with Gasteiger partial charge in [-0.25, -0.2) is 9.97 Å². The van der Waals surface area contributed by atoms with Crippen LogP contribution in [0.3, 0.4) is 0 Å². The van der Waals surface area contributed by atoms with Crippen molar-refractivity contribution >= 4 is 11.3 Å². The highest BCUT2D eigenvalue weighted by Gasteiger charge is 2.22. The molecule has 2 heterocycles. The molecule has 2 aromatic heterocycles. The van der Waals surface area contributed by atoms with Crippen molar-refractivity contribution in [1.29, 1.82) is 0 Å². The van der Waals surface area contributed by atoms with Gasteiger partial charge >= 0.3 is 0 Å². The molecule has 0 unspecified atom stereocenters. The van der Waals surface area contributed by atoms with Crippen LogP contribution in [0.15, 0.2) is 24.0 Å². The van der Waals surface area contributed by atoms with Crippen LogP contribution in [0.4, 0.5) is 0 Å². The van der Waals surface area contributed by atoms with Gasteiger partial charge in [-0.05, 0) is 13.8 Å². The second-order valence-corrected chi connectivity index (χ2v) is 5.49. The van der Waals surface area contributed by atoms with Crippen LogP contribution in [0.2, 0.25) is 0 Å². The van der Waals surface area contributed by atoms with E-state index >= 15 is 0 Å². The number of nitrogens with one attached hydrogen (secondary N) is 1. The lowest BCUT2D eigenvalue weighted by molar-refractivity contribution is 0.402. The number of rotatable bonds is 5. The molecule has 0 bridgehead atoms. The number of aryl methyl sites for hydroxylation is 1. The van der Waals surface area contributed by atoms with Crippen molar-refractivity contribution in [3.8, 4) is 0 Å². The molecule has 0 atom stereocenters. The number of thiazole rings is 1. The number of hydrogen-bond donors (Lipinski definition) is 1. The van der Waals surface area contributed by atoms with E-state index in [4.69, 9.17) is 0 Å². The topological polar surface area (TPSA) is 42.7 Å². The zero-order chi connectivity index (χ0) is 12.3. The summed E-state index contributed by atoms with van der Waals surface area (Å²) in [6.45, 7) is 5.21. The lowest BCUT2D eigenvalue weighted by atomic mass is 10.1. The molecule has 0 aliphatic carbocycles. The van der Waals surface area contributed by atoms with E-state index in [1.54, 1.807) is 11.3 Å². The molecule has 0 radical (unpaired) electrons. The maximum absolute atomic E-state index is 4.36. The van der Waals surface area contributed by atoms with Crippen LogP contribution in [0.5, 0.6) is 0 Å². The van der Waals surface area contributed by atoms with Crippen molar-refractivity contribution in [3.05, 3.63) is 34.8 Å². The highest BCUT2D eigenvalue weighted by atomic mass is 32.1. The second kappa shape index (κ2) is 4.98. The molecule has 1 N–H and O–H groups in total. The molecule has 0 amide bonds. The van der Waals surface area contributed by atoms with E-state index in [-0.39, 0.29) is 5.54 Å². The first-order chi connectivity index (χ1) is 8.09. The maximum atomic E-state index is 4.36. The largest absolute Gasteiger partial charge is 0.338 e. The van der Waals surface area contributed by atoms with E-state index < -0.39 is 0 Å². The summed E-state index contributed by atoms with van der Waals surface area (Å²) >= 11 is 1.69. The first-order valence-electron chi connectivity index (χ1n) is 5.71. The zero-order valence-electron chi connectivity index (χ0n) is 10.5. The predicted octanol–water partition coefficient (Wildman–Crippen LogP) is 1.94. The van der Waals surface area contributed by atoms with E-state index in [0.29, 0.717) is 0 Å². The quantitative estimate of drug-likeness (QED) is 0.882. The molecule has 0 spiro atoms. The molecule has 2 aromatic rings. The monoisotopic (exact) mass is 250 g/mol. The molecule has 92 valence electrons. The van der Waals surface area contributed by atoms with Crippen molar-refractivity contribution in [2.75, 3.05) is 6.54 Å². The molecule has 0 saturated heterocycles. The Labute approximate surface area is 106 Å². The maximum Gasteiger partial charge on any atom is 0.112 e. The third kappa shape index (κ3) is 2.92. The molecular weight excluding hydrogens is 232 g/mol. The standard InChI is InChI=1S/C12H18N4S/c1-12(2,11-14-7-9-17-11)15-5-4-10-13-6-8-16(10)3/h6-9,15H,4-5H2,1-3H3. The predicted molar refractivity (Wildman–Crippen MR) is 70.1 cm³/mol. The van der Waals surface area contributed by atoms with Gasteiger partial charge in [0.1, 0.15) is 10.8 Å². The van der Waals surface area contributed by atoms with E-state index in [1.165, 1.54) is 0 Å². The highest BCUT2D eigenvalue weighted by molar-refractivity contribution is 7.09. The number of nitrogens with zero attached hydrogens (tertiary/aromatic N) is 3. The summed E-state index contributed by atoms with van der Waals surface area (Å²) in [5.74, 6) is 1.10. The summed E-state index contributed by atoms with van der Waals surface area (Å²) in [4.78, 5) is 8.66. The fraction of sp³-hybridized carbons (Fsp3) is 0.500. The highest BCUT2D eigenvalue weighted by Crippen LogP contribution is 2.21. The van der Waals surface area contributed by atoms with Gasteiger partial charge in [0.25, 0.3) is 0 Å². The Hall–Kier alpha value is -1.20. The molecule has 0 fully saturated rings. The molecule has 0 aliphatic rings. The SMILES string of the molecule is Cn1ccnc1CCNC(C)(C)c1nccs1. The zero-order valence-corrected chi connectivity index (χ0v) is 11.3. The number of hydrogen-bond acceptors (Lipinski definition) is 4. The van der Waals surface area contributed by atoms with Gasteiger partial charge in [-0.2, -0.15) is 0 Å². The lowest BCUT2D eigenvalue weighted by Crippen LogP contribution is -2.37. The Kier molecular flexibility index (Phi) is 3.59. The van der Waals surface area contributed by atoms with Crippen molar-refractivity contribution in [2.45, 2.75) is 25.8 Å². The average Bonchev–Trinajstić information content (AvgIpc) is 2.90. The summed E-state index contributed by atoms with van der Waals surface area (Å²) in [5.41, 5.74) is -0.0701. The third-order valence-corrected chi connectivity index (χ3v) is 3.90. The van der Waals surface area contributed by atoms with Crippen LogP contribution >= 0.6 is 11.3 Å². The minimum Gasteiger partial charge on any atom is -0.338 e. The number of aromatic nitrogens is 3. The van der Waals surface area contributed by atoms with Gasteiger partial charge in [-0.3, -0.25) is 0 Å². The summed E-state index contributed by atoms with van der Waals surface area (Å²) in [7, 11) is 2.02. The molecule has 0 saturated carbocycles. The lowest BCUT2D eigenvalue weighted by Gasteiger charge is -2.23. The first kappa shape index (κ1) is 12.3. The van der Waals surface area contributed by atoms with E-state index in [0.717, 1.165) is 23.8 Å². The molecule has 5 heteroatoms. The molecule has 2 rings (SSSR count). The summed E-state index contributed by atoms with van der Waals surface area (Å²) in [5, 5.41) is 6.66. The first-order valence-corrected chi connectivity index (χ1v) is 6.59. The normalized spacial score (nSPS) is 11.9. The van der Waals surface area contributed by atoms with Gasteiger partial charge in [0.2, 0.25) is 0 Å². The van der Waals surface area contributed by atoms with Gasteiger partial charge in [-0.15, -0.1) is 11.3 Å². The molecule has 17 heavy (non-hydrogen) atoms. The van der Waals surface area contributed by atoms with Crippen molar-refractivity contribution < 1.29 is 0 Å². The Balaban J connectivity index is 1.88. The second-order valence-electron chi connectivity index (χ2n) is 4.59. The smallest absolute Gasteiger partial charge is 0.112 e. The van der Waals surface area contributed by atoms with Crippen LogP contribution in [0.1, 0.15) is 24.7 Å².